The quantitative estimate of drug-likeness (QED) is 0.759. The highest BCUT2D eigenvalue weighted by molar-refractivity contribution is 6.17. The van der Waals surface area contributed by atoms with Crippen LogP contribution in [-0.4, -0.2) is 29.8 Å². The molecule has 17 heavy (non-hydrogen) atoms. The van der Waals surface area contributed by atoms with Crippen LogP contribution < -0.4 is 4.90 Å². The predicted octanol–water partition coefficient (Wildman–Crippen LogP) is 2.82. The third-order valence-electron chi connectivity index (χ3n) is 2.86. The summed E-state index contributed by atoms with van der Waals surface area (Å²) in [6.45, 7) is 8.08. The van der Waals surface area contributed by atoms with Crippen LogP contribution in [0.2, 0.25) is 0 Å². The fraction of sp³-hybridized carbons (Fsp3) is 0.615. The first-order chi connectivity index (χ1) is 8.00. The van der Waals surface area contributed by atoms with E-state index in [0.29, 0.717) is 5.88 Å². The number of anilines is 1. The number of nitrogens with zero attached hydrogens (tertiary/aromatic N) is 2. The van der Waals surface area contributed by atoms with Gasteiger partial charge in [-0.3, -0.25) is 0 Å². The molecule has 4 heteroatoms. The molecule has 94 valence electrons. The Morgan fingerprint density at radius 2 is 2.29 bits per heavy atom. The van der Waals surface area contributed by atoms with E-state index in [0.717, 1.165) is 24.5 Å². The number of hydrogen-bond acceptors (Lipinski definition) is 3. The highest BCUT2D eigenvalue weighted by Gasteiger charge is 2.31. The molecule has 0 aromatic carbocycles. The second kappa shape index (κ2) is 4.83. The van der Waals surface area contributed by atoms with Crippen molar-refractivity contribution in [2.75, 3.05) is 18.0 Å². The Kier molecular flexibility index (Phi) is 3.59. The molecular formula is C13H19ClN2O. The molecule has 1 fully saturated rings. The summed E-state index contributed by atoms with van der Waals surface area (Å²) in [4.78, 5) is 6.73. The van der Waals surface area contributed by atoms with Crippen LogP contribution in [0.25, 0.3) is 0 Å². The first kappa shape index (κ1) is 12.7. The molecule has 1 saturated heterocycles. The molecule has 0 saturated carbocycles. The van der Waals surface area contributed by atoms with Crippen molar-refractivity contribution in [3.8, 4) is 0 Å². The first-order valence-corrected chi connectivity index (χ1v) is 6.47. The molecule has 1 unspecified atom stereocenters. The molecule has 1 aromatic heterocycles. The lowest BCUT2D eigenvalue weighted by atomic mass is 10.1. The minimum Gasteiger partial charge on any atom is -0.369 e. The monoisotopic (exact) mass is 254 g/mol. The minimum absolute atomic E-state index is 0.121. The van der Waals surface area contributed by atoms with Gasteiger partial charge in [0.25, 0.3) is 0 Å². The van der Waals surface area contributed by atoms with Gasteiger partial charge in [-0.1, -0.05) is 6.07 Å². The average molecular weight is 255 g/mol. The van der Waals surface area contributed by atoms with Gasteiger partial charge >= 0.3 is 0 Å². The smallest absolute Gasteiger partial charge is 0.128 e. The van der Waals surface area contributed by atoms with Gasteiger partial charge in [0, 0.05) is 25.2 Å². The lowest BCUT2D eigenvalue weighted by Gasteiger charge is -2.42. The maximum absolute atomic E-state index is 5.88. The van der Waals surface area contributed by atoms with Crippen molar-refractivity contribution >= 4 is 17.4 Å². The number of rotatable bonds is 2. The molecule has 1 atom stereocenters. The summed E-state index contributed by atoms with van der Waals surface area (Å²) < 4.78 is 5.88. The van der Waals surface area contributed by atoms with E-state index in [-0.39, 0.29) is 11.7 Å². The normalized spacial score (nSPS) is 23.8. The molecule has 0 radical (unpaired) electrons. The van der Waals surface area contributed by atoms with E-state index < -0.39 is 0 Å². The summed E-state index contributed by atoms with van der Waals surface area (Å²) in [6, 6.07) is 4.06. The number of ether oxygens (including phenoxy) is 1. The van der Waals surface area contributed by atoms with Crippen molar-refractivity contribution in [2.24, 2.45) is 0 Å². The molecule has 0 aliphatic carbocycles. The predicted molar refractivity (Wildman–Crippen MR) is 70.6 cm³/mol. The lowest BCUT2D eigenvalue weighted by molar-refractivity contribution is -0.0751. The van der Waals surface area contributed by atoms with Crippen molar-refractivity contribution in [2.45, 2.75) is 38.4 Å². The van der Waals surface area contributed by atoms with Crippen molar-refractivity contribution in [3.05, 3.63) is 23.9 Å². The Morgan fingerprint density at radius 3 is 2.82 bits per heavy atom. The largest absolute Gasteiger partial charge is 0.369 e. The highest BCUT2D eigenvalue weighted by atomic mass is 35.5. The number of hydrogen-bond donors (Lipinski definition) is 0. The van der Waals surface area contributed by atoms with Gasteiger partial charge in [0.2, 0.25) is 0 Å². The third kappa shape index (κ3) is 3.11. The van der Waals surface area contributed by atoms with Gasteiger partial charge in [-0.15, -0.1) is 11.6 Å². The Labute approximate surface area is 108 Å². The summed E-state index contributed by atoms with van der Waals surface area (Å²) in [5.41, 5.74) is 0.931. The highest BCUT2D eigenvalue weighted by Crippen LogP contribution is 2.24. The van der Waals surface area contributed by atoms with Crippen molar-refractivity contribution < 1.29 is 4.74 Å². The summed E-state index contributed by atoms with van der Waals surface area (Å²) >= 11 is 5.76. The minimum atomic E-state index is -0.121. The number of aromatic nitrogens is 1. The van der Waals surface area contributed by atoms with Crippen molar-refractivity contribution in [3.63, 3.8) is 0 Å². The zero-order chi connectivity index (χ0) is 12.5. The molecular weight excluding hydrogens is 236 g/mol. The van der Waals surface area contributed by atoms with Crippen LogP contribution in [0.3, 0.4) is 0 Å². The van der Waals surface area contributed by atoms with Crippen LogP contribution in [-0.2, 0) is 10.6 Å². The van der Waals surface area contributed by atoms with Crippen molar-refractivity contribution in [1.82, 2.24) is 4.98 Å². The number of alkyl halides is 1. The first-order valence-electron chi connectivity index (χ1n) is 5.94. The van der Waals surface area contributed by atoms with Crippen LogP contribution >= 0.6 is 11.6 Å². The molecule has 3 nitrogen and oxygen atoms in total. The van der Waals surface area contributed by atoms with E-state index in [1.165, 1.54) is 0 Å². The Balaban J connectivity index is 2.15. The molecule has 0 bridgehead atoms. The third-order valence-corrected chi connectivity index (χ3v) is 3.17. The van der Waals surface area contributed by atoms with Crippen LogP contribution in [0.1, 0.15) is 26.3 Å². The standard InChI is InChI=1S/C13H19ClN2O/c1-10-8-16(9-13(2,3)17-10)12-5-4-11(6-14)7-15-12/h4-5,7,10H,6,8-9H2,1-3H3. The fourth-order valence-corrected chi connectivity index (χ4v) is 2.47. The van der Waals surface area contributed by atoms with Gasteiger partial charge < -0.3 is 9.64 Å². The van der Waals surface area contributed by atoms with Gasteiger partial charge in [0.1, 0.15) is 5.82 Å². The molecule has 0 amide bonds. The van der Waals surface area contributed by atoms with Crippen LogP contribution in [0.15, 0.2) is 18.3 Å². The topological polar surface area (TPSA) is 25.4 Å². The van der Waals surface area contributed by atoms with Crippen LogP contribution in [0, 0.1) is 0 Å². The molecule has 2 heterocycles. The maximum Gasteiger partial charge on any atom is 0.128 e. The summed E-state index contributed by atoms with van der Waals surface area (Å²) in [5, 5.41) is 0. The molecule has 1 aliphatic heterocycles. The SMILES string of the molecule is CC1CN(c2ccc(CCl)cn2)CC(C)(C)O1. The number of morpholine rings is 1. The van der Waals surface area contributed by atoms with Crippen LogP contribution in [0.5, 0.6) is 0 Å². The van der Waals surface area contributed by atoms with E-state index in [1.54, 1.807) is 0 Å². The van der Waals surface area contributed by atoms with E-state index in [9.17, 15) is 0 Å². The number of halogens is 1. The van der Waals surface area contributed by atoms with Crippen LogP contribution in [0.4, 0.5) is 5.82 Å². The average Bonchev–Trinajstić information content (AvgIpc) is 2.26. The zero-order valence-electron chi connectivity index (χ0n) is 10.6. The summed E-state index contributed by atoms with van der Waals surface area (Å²) in [7, 11) is 0. The van der Waals surface area contributed by atoms with E-state index in [1.807, 2.05) is 18.3 Å². The molecule has 0 N–H and O–H groups in total. The van der Waals surface area contributed by atoms with E-state index in [2.05, 4.69) is 30.7 Å². The molecule has 0 spiro atoms. The van der Waals surface area contributed by atoms with E-state index >= 15 is 0 Å². The fourth-order valence-electron chi connectivity index (χ4n) is 2.31. The Bertz CT molecular complexity index is 378. The van der Waals surface area contributed by atoms with E-state index in [4.69, 9.17) is 16.3 Å². The van der Waals surface area contributed by atoms with Gasteiger partial charge in [-0.05, 0) is 32.4 Å². The van der Waals surface area contributed by atoms with Gasteiger partial charge in [0.15, 0.2) is 0 Å². The Morgan fingerprint density at radius 1 is 1.53 bits per heavy atom. The second-order valence-electron chi connectivity index (χ2n) is 5.23. The van der Waals surface area contributed by atoms with Crippen molar-refractivity contribution in [1.29, 1.82) is 0 Å². The molecule has 2 rings (SSSR count). The van der Waals surface area contributed by atoms with Gasteiger partial charge in [0.05, 0.1) is 11.7 Å². The molecule has 1 aliphatic rings. The zero-order valence-corrected chi connectivity index (χ0v) is 11.4. The summed E-state index contributed by atoms with van der Waals surface area (Å²) in [6.07, 6.45) is 2.07. The second-order valence-corrected chi connectivity index (χ2v) is 5.49. The Hall–Kier alpha value is -0.800. The lowest BCUT2D eigenvalue weighted by Crippen LogP contribution is -2.52. The van der Waals surface area contributed by atoms with Gasteiger partial charge in [-0.2, -0.15) is 0 Å². The number of pyridine rings is 1. The maximum atomic E-state index is 5.88. The molecule has 1 aromatic rings. The van der Waals surface area contributed by atoms with Gasteiger partial charge in [-0.25, -0.2) is 4.98 Å². The summed E-state index contributed by atoms with van der Waals surface area (Å²) in [5.74, 6) is 1.51.